The third kappa shape index (κ3) is 4.97. The predicted octanol–water partition coefficient (Wildman–Crippen LogP) is 4.47. The van der Waals surface area contributed by atoms with Crippen LogP contribution in [0.2, 0.25) is 0 Å². The Bertz CT molecular complexity index is 1140. The number of piperidine rings is 1. The Morgan fingerprint density at radius 1 is 1.13 bits per heavy atom. The fourth-order valence-corrected chi connectivity index (χ4v) is 6.01. The summed E-state index contributed by atoms with van der Waals surface area (Å²) in [5, 5.41) is 0.198. The number of aromatic nitrogens is 2. The molecule has 10 heteroatoms. The first-order valence-electron chi connectivity index (χ1n) is 9.73. The first-order chi connectivity index (χ1) is 14.8. The molecule has 2 atom stereocenters. The monoisotopic (exact) mass is 467 g/mol. The first-order valence-corrected chi connectivity index (χ1v) is 12.2. The lowest BCUT2D eigenvalue weighted by Gasteiger charge is -2.37. The van der Waals surface area contributed by atoms with Gasteiger partial charge in [0.2, 0.25) is 0 Å². The number of likely N-dealkylation sites (tertiary alicyclic amines) is 1. The minimum absolute atomic E-state index is 0.0330. The molecular formula is C21H20F3N3O2S2. The number of sulfone groups is 1. The van der Waals surface area contributed by atoms with E-state index in [1.54, 1.807) is 0 Å². The highest BCUT2D eigenvalue weighted by Gasteiger charge is 2.31. The average molecular weight is 468 g/mol. The molecule has 1 saturated heterocycles. The maximum absolute atomic E-state index is 14.8. The van der Waals surface area contributed by atoms with E-state index >= 15 is 0 Å². The molecule has 3 aromatic rings. The summed E-state index contributed by atoms with van der Waals surface area (Å²) in [7, 11) is -4.12. The van der Waals surface area contributed by atoms with Crippen LogP contribution < -0.4 is 0 Å². The number of alkyl halides is 1. The normalized spacial score (nSPS) is 20.1. The van der Waals surface area contributed by atoms with Crippen LogP contribution in [0.5, 0.6) is 0 Å². The van der Waals surface area contributed by atoms with Gasteiger partial charge in [0.15, 0.2) is 9.84 Å². The molecule has 31 heavy (non-hydrogen) atoms. The Kier molecular flexibility index (Phi) is 6.40. The van der Waals surface area contributed by atoms with Crippen LogP contribution in [-0.4, -0.2) is 35.4 Å². The molecule has 0 amide bonds. The quantitative estimate of drug-likeness (QED) is 0.536. The van der Waals surface area contributed by atoms with Crippen molar-refractivity contribution in [1.29, 1.82) is 0 Å². The highest BCUT2D eigenvalue weighted by atomic mass is 32.2. The molecule has 5 nitrogen and oxygen atoms in total. The summed E-state index contributed by atoms with van der Waals surface area (Å²) in [6.07, 6.45) is 0.819. The number of halogens is 3. The molecule has 2 aromatic carbocycles. The van der Waals surface area contributed by atoms with E-state index in [1.165, 1.54) is 6.33 Å². The highest BCUT2D eigenvalue weighted by molar-refractivity contribution is 7.90. The zero-order valence-electron chi connectivity index (χ0n) is 16.4. The van der Waals surface area contributed by atoms with Crippen LogP contribution in [0.1, 0.15) is 35.0 Å². The van der Waals surface area contributed by atoms with Gasteiger partial charge in [-0.1, -0.05) is 30.3 Å². The zero-order valence-corrected chi connectivity index (χ0v) is 18.1. The van der Waals surface area contributed by atoms with Crippen LogP contribution in [0.3, 0.4) is 0 Å². The second kappa shape index (κ2) is 9.05. The molecule has 2 heterocycles. The van der Waals surface area contributed by atoms with Gasteiger partial charge in [-0.2, -0.15) is 4.37 Å². The van der Waals surface area contributed by atoms with Gasteiger partial charge >= 0.3 is 0 Å². The summed E-state index contributed by atoms with van der Waals surface area (Å²) in [6.45, 7) is 0.435. The molecular weight excluding hydrogens is 447 g/mol. The number of hydrogen-bond acceptors (Lipinski definition) is 6. The van der Waals surface area contributed by atoms with Crippen LogP contribution in [0.15, 0.2) is 53.7 Å². The molecule has 4 rings (SSSR count). The van der Waals surface area contributed by atoms with Gasteiger partial charge in [-0.15, -0.1) is 0 Å². The number of hydrogen-bond donors (Lipinski definition) is 0. The molecule has 0 saturated carbocycles. The molecule has 1 aliphatic rings. The molecule has 0 radical (unpaired) electrons. The second-order valence-corrected chi connectivity index (χ2v) is 10.3. The SMILES string of the molecule is O=S(=O)(Cc1ncns1)c1cc(F)c(CN2CC[C@@H](F)C[C@@H]2c2ccccc2)cc1F. The first kappa shape index (κ1) is 21.9. The molecule has 0 N–H and O–H groups in total. The van der Waals surface area contributed by atoms with E-state index in [9.17, 15) is 21.6 Å². The molecule has 0 unspecified atom stereocenters. The van der Waals surface area contributed by atoms with Gasteiger partial charge < -0.3 is 0 Å². The van der Waals surface area contributed by atoms with Crippen molar-refractivity contribution in [3.8, 4) is 0 Å². The van der Waals surface area contributed by atoms with Crippen molar-refractivity contribution in [3.63, 3.8) is 0 Å². The number of benzene rings is 2. The lowest BCUT2D eigenvalue weighted by molar-refractivity contribution is 0.0825. The maximum Gasteiger partial charge on any atom is 0.187 e. The van der Waals surface area contributed by atoms with E-state index in [2.05, 4.69) is 9.36 Å². The Morgan fingerprint density at radius 3 is 2.61 bits per heavy atom. The zero-order chi connectivity index (χ0) is 22.0. The summed E-state index contributed by atoms with van der Waals surface area (Å²) in [6, 6.07) is 10.7. The molecule has 164 valence electrons. The van der Waals surface area contributed by atoms with Gasteiger partial charge in [0.25, 0.3) is 0 Å². The van der Waals surface area contributed by atoms with Crippen molar-refractivity contribution < 1.29 is 21.6 Å². The Balaban J connectivity index is 1.59. The third-order valence-corrected chi connectivity index (χ3v) is 7.84. The van der Waals surface area contributed by atoms with Crippen LogP contribution in [0.25, 0.3) is 0 Å². The van der Waals surface area contributed by atoms with Crippen LogP contribution in [0.4, 0.5) is 13.2 Å². The van der Waals surface area contributed by atoms with Crippen LogP contribution in [0, 0.1) is 11.6 Å². The van der Waals surface area contributed by atoms with Crippen molar-refractivity contribution in [2.45, 2.75) is 42.2 Å². The molecule has 0 spiro atoms. The molecule has 1 aromatic heterocycles. The Hall–Kier alpha value is -2.30. The summed E-state index contributed by atoms with van der Waals surface area (Å²) >= 11 is 0.885. The largest absolute Gasteiger partial charge is 0.292 e. The molecule has 0 bridgehead atoms. The smallest absolute Gasteiger partial charge is 0.187 e. The average Bonchev–Trinajstić information content (AvgIpc) is 3.24. The van der Waals surface area contributed by atoms with E-state index < -0.39 is 38.3 Å². The standard InChI is InChI=1S/C21H20F3N3O2S2/c22-16-6-7-27(19(9-16)14-4-2-1-3-5-14)11-15-8-18(24)20(10-17(15)23)31(28,29)12-21-25-13-26-30-21/h1-5,8,10,13,16,19H,6-7,9,11-12H2/t16-,19-/m1/s1. The van der Waals surface area contributed by atoms with Crippen LogP contribution >= 0.6 is 11.5 Å². The van der Waals surface area contributed by atoms with Crippen molar-refractivity contribution in [1.82, 2.24) is 14.3 Å². The number of nitrogens with zero attached hydrogens (tertiary/aromatic N) is 3. The van der Waals surface area contributed by atoms with E-state index in [4.69, 9.17) is 0 Å². The summed E-state index contributed by atoms with van der Waals surface area (Å²) in [4.78, 5) is 4.99. The Labute approximate surface area is 182 Å². The van der Waals surface area contributed by atoms with Crippen molar-refractivity contribution >= 4 is 21.4 Å². The number of rotatable bonds is 6. The third-order valence-electron chi connectivity index (χ3n) is 5.36. The second-order valence-electron chi connectivity index (χ2n) is 7.49. The summed E-state index contributed by atoms with van der Waals surface area (Å²) in [5.74, 6) is -2.38. The fourth-order valence-electron chi connectivity index (χ4n) is 3.83. The van der Waals surface area contributed by atoms with Gasteiger partial charge in [-0.25, -0.2) is 26.6 Å². The van der Waals surface area contributed by atoms with Gasteiger partial charge in [0, 0.05) is 24.7 Å². The van der Waals surface area contributed by atoms with Gasteiger partial charge in [0.1, 0.15) is 39.8 Å². The maximum atomic E-state index is 14.8. The van der Waals surface area contributed by atoms with Gasteiger partial charge in [-0.3, -0.25) is 4.90 Å². The summed E-state index contributed by atoms with van der Waals surface area (Å²) in [5.41, 5.74) is 0.938. The molecule has 1 fully saturated rings. The lowest BCUT2D eigenvalue weighted by Crippen LogP contribution is -2.37. The van der Waals surface area contributed by atoms with E-state index in [0.29, 0.717) is 13.0 Å². The van der Waals surface area contributed by atoms with Gasteiger partial charge in [-0.05, 0) is 42.1 Å². The molecule has 0 aliphatic carbocycles. The van der Waals surface area contributed by atoms with E-state index in [1.807, 2.05) is 35.2 Å². The highest BCUT2D eigenvalue weighted by Crippen LogP contribution is 2.34. The topological polar surface area (TPSA) is 63.2 Å². The van der Waals surface area contributed by atoms with E-state index in [0.717, 1.165) is 29.2 Å². The lowest BCUT2D eigenvalue weighted by atomic mass is 9.93. The van der Waals surface area contributed by atoms with Crippen LogP contribution in [-0.2, 0) is 22.1 Å². The minimum atomic E-state index is -4.12. The van der Waals surface area contributed by atoms with E-state index in [-0.39, 0.29) is 29.6 Å². The van der Waals surface area contributed by atoms with Crippen molar-refractivity contribution in [2.24, 2.45) is 0 Å². The van der Waals surface area contributed by atoms with Crippen molar-refractivity contribution in [3.05, 3.63) is 76.6 Å². The summed E-state index contributed by atoms with van der Waals surface area (Å²) < 4.78 is 72.4. The van der Waals surface area contributed by atoms with Gasteiger partial charge in [0.05, 0.1) is 0 Å². The van der Waals surface area contributed by atoms with Crippen molar-refractivity contribution in [2.75, 3.05) is 6.54 Å². The predicted molar refractivity (Wildman–Crippen MR) is 111 cm³/mol. The fraction of sp³-hybridized carbons (Fsp3) is 0.333. The molecule has 1 aliphatic heterocycles. The Morgan fingerprint density at radius 2 is 1.90 bits per heavy atom. The minimum Gasteiger partial charge on any atom is -0.292 e.